The first kappa shape index (κ1) is 17.5. The van der Waals surface area contributed by atoms with Crippen LogP contribution in [-0.4, -0.2) is 19.2 Å². The van der Waals surface area contributed by atoms with Crippen molar-refractivity contribution in [3.05, 3.63) is 92.2 Å². The van der Waals surface area contributed by atoms with Crippen LogP contribution in [0.15, 0.2) is 59.8 Å². The Kier molecular flexibility index (Phi) is 4.56. The van der Waals surface area contributed by atoms with E-state index < -0.39 is 0 Å². The Morgan fingerprint density at radius 1 is 1.11 bits per heavy atom. The van der Waals surface area contributed by atoms with Crippen molar-refractivity contribution in [1.29, 1.82) is 0 Å². The third kappa shape index (κ3) is 3.39. The molecule has 0 aliphatic rings. The largest absolute Gasteiger partial charge is 0.273 e. The topological polar surface area (TPSA) is 52.2 Å². The lowest BCUT2D eigenvalue weighted by Gasteiger charge is -2.09. The van der Waals surface area contributed by atoms with Gasteiger partial charge in [0.15, 0.2) is 5.65 Å². The summed E-state index contributed by atoms with van der Waals surface area (Å²) in [5.41, 5.74) is 3.31. The number of hydrogen-bond acceptors (Lipinski definition) is 3. The average Bonchev–Trinajstić information content (AvgIpc) is 3.00. The number of rotatable bonds is 3. The Morgan fingerprint density at radius 2 is 1.96 bits per heavy atom. The van der Waals surface area contributed by atoms with Crippen molar-refractivity contribution >= 4 is 41.0 Å². The monoisotopic (exact) mass is 396 g/mol. The molecule has 0 fully saturated rings. The molecule has 0 N–H and O–H groups in total. The normalized spacial score (nSPS) is 11.5. The van der Waals surface area contributed by atoms with E-state index >= 15 is 0 Å². The zero-order chi connectivity index (χ0) is 19.0. The first-order valence-corrected chi connectivity index (χ1v) is 8.94. The zero-order valence-electron chi connectivity index (χ0n) is 14.3. The summed E-state index contributed by atoms with van der Waals surface area (Å²) >= 11 is 12.4. The zero-order valence-corrected chi connectivity index (χ0v) is 15.8. The molecule has 0 saturated heterocycles. The van der Waals surface area contributed by atoms with E-state index in [9.17, 15) is 4.79 Å². The molecule has 0 bridgehead atoms. The van der Waals surface area contributed by atoms with E-state index in [0.29, 0.717) is 27.1 Å². The van der Waals surface area contributed by atoms with Crippen molar-refractivity contribution in [2.75, 3.05) is 0 Å². The van der Waals surface area contributed by atoms with E-state index in [1.807, 2.05) is 31.3 Å². The predicted octanol–water partition coefficient (Wildman–Crippen LogP) is 4.67. The summed E-state index contributed by atoms with van der Waals surface area (Å²) in [6.45, 7) is 1.89. The molecule has 5 nitrogen and oxygen atoms in total. The molecule has 0 atom stereocenters. The van der Waals surface area contributed by atoms with Crippen molar-refractivity contribution < 1.29 is 0 Å². The SMILES string of the molecule is Cc1cn(-c2cc(Cl)ccc2Cl)n2c(=O)cc(C=Cc3cccnc3)nc12. The molecule has 0 aliphatic carbocycles. The quantitative estimate of drug-likeness (QED) is 0.505. The van der Waals surface area contributed by atoms with Crippen LogP contribution in [0, 0.1) is 6.92 Å². The number of nitrogens with zero attached hydrogens (tertiary/aromatic N) is 4. The number of fused-ring (bicyclic) bond motifs is 1. The molecule has 0 radical (unpaired) electrons. The number of halogens is 2. The first-order chi connectivity index (χ1) is 13.0. The Labute approximate surface area is 165 Å². The van der Waals surface area contributed by atoms with Crippen molar-refractivity contribution in [2.45, 2.75) is 6.92 Å². The Balaban J connectivity index is 1.86. The Bertz CT molecular complexity index is 1230. The van der Waals surface area contributed by atoms with Crippen LogP contribution in [0.25, 0.3) is 23.5 Å². The molecule has 27 heavy (non-hydrogen) atoms. The molecule has 0 spiro atoms. The molecule has 0 amide bonds. The van der Waals surface area contributed by atoms with Crippen molar-refractivity contribution in [2.24, 2.45) is 0 Å². The lowest BCUT2D eigenvalue weighted by Crippen LogP contribution is -2.20. The summed E-state index contributed by atoms with van der Waals surface area (Å²) in [5.74, 6) is 0. The maximum atomic E-state index is 12.8. The van der Waals surface area contributed by atoms with E-state index in [0.717, 1.165) is 11.1 Å². The highest BCUT2D eigenvalue weighted by atomic mass is 35.5. The molecule has 3 heterocycles. The van der Waals surface area contributed by atoms with Crippen molar-refractivity contribution in [3.8, 4) is 5.69 Å². The minimum Gasteiger partial charge on any atom is -0.267 e. The van der Waals surface area contributed by atoms with Crippen LogP contribution in [0.4, 0.5) is 0 Å². The van der Waals surface area contributed by atoms with Crippen molar-refractivity contribution in [3.63, 3.8) is 0 Å². The lowest BCUT2D eigenvalue weighted by atomic mass is 10.2. The van der Waals surface area contributed by atoms with Crippen LogP contribution in [0.5, 0.6) is 0 Å². The fraction of sp³-hybridized carbons (Fsp3) is 0.0500. The van der Waals surface area contributed by atoms with Gasteiger partial charge in [-0.1, -0.05) is 35.3 Å². The summed E-state index contributed by atoms with van der Waals surface area (Å²) in [4.78, 5) is 21.5. The number of pyridine rings is 1. The molecule has 134 valence electrons. The van der Waals surface area contributed by atoms with Gasteiger partial charge in [-0.05, 0) is 42.8 Å². The molecule has 7 heteroatoms. The van der Waals surface area contributed by atoms with Gasteiger partial charge in [-0.25, -0.2) is 4.98 Å². The predicted molar refractivity (Wildman–Crippen MR) is 109 cm³/mol. The number of aromatic nitrogens is 4. The Hall–Kier alpha value is -2.89. The fourth-order valence-electron chi connectivity index (χ4n) is 2.84. The van der Waals surface area contributed by atoms with Gasteiger partial charge in [0, 0.05) is 35.2 Å². The average molecular weight is 397 g/mol. The highest BCUT2D eigenvalue weighted by Crippen LogP contribution is 2.25. The van der Waals surface area contributed by atoms with Gasteiger partial charge >= 0.3 is 0 Å². The molecule has 0 saturated carbocycles. The molecule has 0 unspecified atom stereocenters. The van der Waals surface area contributed by atoms with Crippen LogP contribution in [0.1, 0.15) is 16.8 Å². The lowest BCUT2D eigenvalue weighted by molar-refractivity contribution is 0.763. The molecule has 0 aliphatic heterocycles. The number of hydrogen-bond donors (Lipinski definition) is 0. The van der Waals surface area contributed by atoms with E-state index in [1.165, 1.54) is 10.6 Å². The smallest absolute Gasteiger partial charge is 0.267 e. The summed E-state index contributed by atoms with van der Waals surface area (Å²) < 4.78 is 3.15. The van der Waals surface area contributed by atoms with E-state index in [2.05, 4.69) is 9.97 Å². The van der Waals surface area contributed by atoms with Gasteiger partial charge in [-0.15, -0.1) is 0 Å². The summed E-state index contributed by atoms with van der Waals surface area (Å²) in [6.07, 6.45) is 8.93. The second-order valence-electron chi connectivity index (χ2n) is 6.03. The molecule has 1 aromatic carbocycles. The van der Waals surface area contributed by atoms with Crippen LogP contribution in [-0.2, 0) is 0 Å². The van der Waals surface area contributed by atoms with Gasteiger partial charge in [-0.2, -0.15) is 4.52 Å². The van der Waals surface area contributed by atoms with Gasteiger partial charge in [0.1, 0.15) is 0 Å². The number of benzene rings is 1. The van der Waals surface area contributed by atoms with E-state index in [4.69, 9.17) is 23.2 Å². The molecular weight excluding hydrogens is 383 g/mol. The van der Waals surface area contributed by atoms with Crippen molar-refractivity contribution in [1.82, 2.24) is 19.2 Å². The standard InChI is InChI=1S/C20H14Cl2N4O/c1-13-12-25(18-9-15(21)5-7-17(18)22)26-19(27)10-16(24-20(13)26)6-4-14-3-2-8-23-11-14/h2-12H,1H3. The second-order valence-corrected chi connectivity index (χ2v) is 6.87. The van der Waals surface area contributed by atoms with E-state index in [1.54, 1.807) is 41.4 Å². The maximum absolute atomic E-state index is 12.8. The van der Waals surface area contributed by atoms with Crippen LogP contribution in [0.3, 0.4) is 0 Å². The highest BCUT2D eigenvalue weighted by molar-refractivity contribution is 6.34. The van der Waals surface area contributed by atoms with Gasteiger partial charge in [-0.3, -0.25) is 14.5 Å². The van der Waals surface area contributed by atoms with Crippen LogP contribution in [0.2, 0.25) is 10.0 Å². The molecular formula is C20H14Cl2N4O. The molecule has 3 aromatic heterocycles. The van der Waals surface area contributed by atoms with Crippen LogP contribution < -0.4 is 5.56 Å². The van der Waals surface area contributed by atoms with Crippen LogP contribution >= 0.6 is 23.2 Å². The third-order valence-corrected chi connectivity index (χ3v) is 4.64. The first-order valence-electron chi connectivity index (χ1n) is 8.18. The summed E-state index contributed by atoms with van der Waals surface area (Å²) in [6, 6.07) is 10.4. The minimum atomic E-state index is -0.213. The molecule has 4 rings (SSSR count). The Morgan fingerprint density at radius 3 is 2.74 bits per heavy atom. The van der Waals surface area contributed by atoms with Gasteiger partial charge in [0.05, 0.1) is 16.4 Å². The number of aryl methyl sites for hydroxylation is 1. The minimum absolute atomic E-state index is 0.213. The highest BCUT2D eigenvalue weighted by Gasteiger charge is 2.13. The van der Waals surface area contributed by atoms with Gasteiger partial charge in [0.2, 0.25) is 0 Å². The second kappa shape index (κ2) is 7.02. The summed E-state index contributed by atoms with van der Waals surface area (Å²) in [7, 11) is 0. The van der Waals surface area contributed by atoms with E-state index in [-0.39, 0.29) is 5.56 Å². The summed E-state index contributed by atoms with van der Waals surface area (Å²) in [5, 5.41) is 1.02. The maximum Gasteiger partial charge on any atom is 0.273 e. The third-order valence-electron chi connectivity index (χ3n) is 4.09. The molecule has 4 aromatic rings. The fourth-order valence-corrected chi connectivity index (χ4v) is 3.21. The van der Waals surface area contributed by atoms with Gasteiger partial charge < -0.3 is 0 Å². The van der Waals surface area contributed by atoms with Gasteiger partial charge in [0.25, 0.3) is 5.56 Å².